The van der Waals surface area contributed by atoms with Crippen LogP contribution in [0.2, 0.25) is 0 Å². The first-order valence-corrected chi connectivity index (χ1v) is 7.46. The molecule has 1 aliphatic rings. The van der Waals surface area contributed by atoms with Crippen LogP contribution in [0.5, 0.6) is 0 Å². The maximum atomic E-state index is 12.5. The highest BCUT2D eigenvalue weighted by molar-refractivity contribution is 5.94. The van der Waals surface area contributed by atoms with Crippen LogP contribution in [-0.2, 0) is 6.18 Å². The van der Waals surface area contributed by atoms with Crippen molar-refractivity contribution in [2.24, 2.45) is 0 Å². The normalized spacial score (nSPS) is 18.4. The van der Waals surface area contributed by atoms with Crippen LogP contribution in [0.15, 0.2) is 28.8 Å². The molecule has 0 spiro atoms. The fourth-order valence-electron chi connectivity index (χ4n) is 2.47. The number of piperidine rings is 1. The van der Waals surface area contributed by atoms with Gasteiger partial charge >= 0.3 is 12.1 Å². The van der Waals surface area contributed by atoms with E-state index in [1.54, 1.807) is 0 Å². The Hall–Kier alpha value is -2.42. The highest BCUT2D eigenvalue weighted by atomic mass is 19.4. The summed E-state index contributed by atoms with van der Waals surface area (Å²) < 4.78 is 41.6. The van der Waals surface area contributed by atoms with Crippen molar-refractivity contribution in [3.8, 4) is 11.4 Å². The summed E-state index contributed by atoms with van der Waals surface area (Å²) >= 11 is 0. The zero-order chi connectivity index (χ0) is 17.2. The molecule has 128 valence electrons. The highest BCUT2D eigenvalue weighted by Gasteiger charge is 2.38. The van der Waals surface area contributed by atoms with E-state index in [0.717, 1.165) is 25.9 Å². The Labute approximate surface area is 135 Å². The van der Waals surface area contributed by atoms with Gasteiger partial charge in [0.15, 0.2) is 0 Å². The minimum Gasteiger partial charge on any atom is -0.348 e. The molecule has 1 saturated heterocycles. The molecule has 24 heavy (non-hydrogen) atoms. The van der Waals surface area contributed by atoms with Crippen LogP contribution in [0.25, 0.3) is 11.4 Å². The second-order valence-corrected chi connectivity index (χ2v) is 5.51. The van der Waals surface area contributed by atoms with E-state index < -0.39 is 12.1 Å². The standard InChI is InChI=1S/C15H15F3N4O2/c16-15(17,18)14-21-12(22-24-14)9-3-5-10(6-4-9)13(23)20-11-2-1-7-19-8-11/h3-6,11,19H,1-2,7-8H2,(H,20,23)/t11-/m0/s1. The van der Waals surface area contributed by atoms with Gasteiger partial charge in [0.1, 0.15) is 0 Å². The van der Waals surface area contributed by atoms with E-state index in [1.165, 1.54) is 24.3 Å². The second-order valence-electron chi connectivity index (χ2n) is 5.51. The van der Waals surface area contributed by atoms with E-state index in [2.05, 4.69) is 25.3 Å². The summed E-state index contributed by atoms with van der Waals surface area (Å²) in [4.78, 5) is 15.5. The Bertz CT molecular complexity index is 706. The van der Waals surface area contributed by atoms with Crippen molar-refractivity contribution in [3.63, 3.8) is 0 Å². The van der Waals surface area contributed by atoms with Gasteiger partial charge in [0.2, 0.25) is 5.82 Å². The van der Waals surface area contributed by atoms with Crippen molar-refractivity contribution in [1.82, 2.24) is 20.8 Å². The molecule has 0 aliphatic carbocycles. The van der Waals surface area contributed by atoms with E-state index in [0.29, 0.717) is 11.1 Å². The van der Waals surface area contributed by atoms with Gasteiger partial charge in [0.05, 0.1) is 0 Å². The van der Waals surface area contributed by atoms with E-state index in [1.807, 2.05) is 0 Å². The number of halogens is 3. The van der Waals surface area contributed by atoms with Gasteiger partial charge in [-0.25, -0.2) is 0 Å². The van der Waals surface area contributed by atoms with Crippen LogP contribution in [-0.4, -0.2) is 35.2 Å². The SMILES string of the molecule is O=C(N[C@H]1CCCNC1)c1ccc(-c2noc(C(F)(F)F)n2)cc1. The maximum Gasteiger partial charge on any atom is 0.471 e. The molecule has 0 bridgehead atoms. The summed E-state index contributed by atoms with van der Waals surface area (Å²) in [6.07, 6.45) is -2.76. The third kappa shape index (κ3) is 3.73. The number of alkyl halides is 3. The van der Waals surface area contributed by atoms with Gasteiger partial charge in [-0.15, -0.1) is 0 Å². The zero-order valence-electron chi connectivity index (χ0n) is 12.6. The minimum atomic E-state index is -4.68. The predicted molar refractivity (Wildman–Crippen MR) is 78.1 cm³/mol. The number of hydrogen-bond donors (Lipinski definition) is 2. The summed E-state index contributed by atoms with van der Waals surface area (Å²) in [5.74, 6) is -1.80. The lowest BCUT2D eigenvalue weighted by Crippen LogP contribution is -2.45. The quantitative estimate of drug-likeness (QED) is 0.896. The summed E-state index contributed by atoms with van der Waals surface area (Å²) in [6.45, 7) is 1.68. The van der Waals surface area contributed by atoms with Gasteiger partial charge in [0, 0.05) is 23.7 Å². The van der Waals surface area contributed by atoms with Crippen molar-refractivity contribution in [2.75, 3.05) is 13.1 Å². The number of aromatic nitrogens is 2. The summed E-state index contributed by atoms with van der Waals surface area (Å²) in [6, 6.07) is 6.09. The number of rotatable bonds is 3. The lowest BCUT2D eigenvalue weighted by Gasteiger charge is -2.23. The number of nitrogens with one attached hydrogen (secondary N) is 2. The largest absolute Gasteiger partial charge is 0.471 e. The minimum absolute atomic E-state index is 0.0810. The molecule has 1 aromatic carbocycles. The van der Waals surface area contributed by atoms with Gasteiger partial charge in [-0.3, -0.25) is 4.79 Å². The number of carbonyl (C=O) groups excluding carboxylic acids is 1. The van der Waals surface area contributed by atoms with Crippen molar-refractivity contribution in [2.45, 2.75) is 25.1 Å². The van der Waals surface area contributed by atoms with Crippen LogP contribution >= 0.6 is 0 Å². The van der Waals surface area contributed by atoms with Gasteiger partial charge in [-0.2, -0.15) is 18.2 Å². The van der Waals surface area contributed by atoms with E-state index in [9.17, 15) is 18.0 Å². The molecule has 1 aliphatic heterocycles. The molecule has 1 fully saturated rings. The molecular weight excluding hydrogens is 325 g/mol. The Balaban J connectivity index is 1.68. The molecule has 1 aromatic heterocycles. The number of carbonyl (C=O) groups is 1. The average Bonchev–Trinajstić information content (AvgIpc) is 3.06. The predicted octanol–water partition coefficient (Wildman–Crippen LogP) is 2.24. The topological polar surface area (TPSA) is 80.0 Å². The van der Waals surface area contributed by atoms with E-state index in [-0.39, 0.29) is 17.8 Å². The number of hydrogen-bond acceptors (Lipinski definition) is 5. The molecule has 2 heterocycles. The summed E-state index contributed by atoms with van der Waals surface area (Å²) in [7, 11) is 0. The Kier molecular flexibility index (Phi) is 4.52. The molecule has 1 amide bonds. The molecule has 0 unspecified atom stereocenters. The van der Waals surface area contributed by atoms with Crippen molar-refractivity contribution >= 4 is 5.91 Å². The van der Waals surface area contributed by atoms with E-state index in [4.69, 9.17) is 0 Å². The number of amides is 1. The molecule has 0 saturated carbocycles. The van der Waals surface area contributed by atoms with Crippen LogP contribution < -0.4 is 10.6 Å². The summed E-state index contributed by atoms with van der Waals surface area (Å²) in [5.41, 5.74) is 0.758. The van der Waals surface area contributed by atoms with Crippen molar-refractivity contribution < 1.29 is 22.5 Å². The van der Waals surface area contributed by atoms with Gasteiger partial charge < -0.3 is 15.2 Å². The van der Waals surface area contributed by atoms with Gasteiger partial charge in [-0.05, 0) is 31.5 Å². The lowest BCUT2D eigenvalue weighted by molar-refractivity contribution is -0.159. The monoisotopic (exact) mass is 340 g/mol. The first kappa shape index (κ1) is 16.4. The van der Waals surface area contributed by atoms with E-state index >= 15 is 0 Å². The number of nitrogens with zero attached hydrogens (tertiary/aromatic N) is 2. The van der Waals surface area contributed by atoms with Crippen molar-refractivity contribution in [1.29, 1.82) is 0 Å². The van der Waals surface area contributed by atoms with Gasteiger partial charge in [0.25, 0.3) is 5.91 Å². The molecule has 1 atom stereocenters. The third-order valence-electron chi connectivity index (χ3n) is 3.71. The van der Waals surface area contributed by atoms with Crippen LogP contribution in [0.4, 0.5) is 13.2 Å². The fourth-order valence-corrected chi connectivity index (χ4v) is 2.47. The van der Waals surface area contributed by atoms with Gasteiger partial charge in [-0.1, -0.05) is 17.3 Å². The molecular formula is C15H15F3N4O2. The van der Waals surface area contributed by atoms with Crippen LogP contribution in [0, 0.1) is 0 Å². The molecule has 0 radical (unpaired) electrons. The summed E-state index contributed by atoms with van der Waals surface area (Å²) in [5, 5.41) is 9.43. The smallest absolute Gasteiger partial charge is 0.348 e. The highest BCUT2D eigenvalue weighted by Crippen LogP contribution is 2.29. The molecule has 6 nitrogen and oxygen atoms in total. The average molecular weight is 340 g/mol. The lowest BCUT2D eigenvalue weighted by atomic mass is 10.1. The van der Waals surface area contributed by atoms with Crippen LogP contribution in [0.3, 0.4) is 0 Å². The number of benzene rings is 1. The first-order chi connectivity index (χ1) is 11.4. The third-order valence-corrected chi connectivity index (χ3v) is 3.71. The molecule has 3 rings (SSSR count). The van der Waals surface area contributed by atoms with Crippen LogP contribution in [0.1, 0.15) is 29.1 Å². The zero-order valence-corrected chi connectivity index (χ0v) is 12.6. The maximum absolute atomic E-state index is 12.5. The Morgan fingerprint density at radius 1 is 1.29 bits per heavy atom. The van der Waals surface area contributed by atoms with Crippen molar-refractivity contribution in [3.05, 3.63) is 35.7 Å². The molecule has 9 heteroatoms. The fraction of sp³-hybridized carbons (Fsp3) is 0.400. The Morgan fingerprint density at radius 3 is 2.62 bits per heavy atom. The molecule has 2 aromatic rings. The second kappa shape index (κ2) is 6.60. The first-order valence-electron chi connectivity index (χ1n) is 7.46. The molecule has 2 N–H and O–H groups in total. The Morgan fingerprint density at radius 2 is 2.04 bits per heavy atom.